The van der Waals surface area contributed by atoms with Gasteiger partial charge in [-0.25, -0.2) is 4.79 Å². The van der Waals surface area contributed by atoms with Crippen molar-refractivity contribution in [1.82, 2.24) is 10.6 Å². The molecule has 0 radical (unpaired) electrons. The highest BCUT2D eigenvalue weighted by molar-refractivity contribution is 5.89. The molecule has 0 saturated heterocycles. The van der Waals surface area contributed by atoms with Gasteiger partial charge in [-0.05, 0) is 33.3 Å². The number of hydrogen-bond acceptors (Lipinski definition) is 5. The van der Waals surface area contributed by atoms with Crippen LogP contribution in [0.25, 0.3) is 0 Å². The van der Waals surface area contributed by atoms with E-state index in [0.717, 1.165) is 5.56 Å². The van der Waals surface area contributed by atoms with E-state index in [1.165, 1.54) is 7.11 Å². The minimum atomic E-state index is -0.981. The summed E-state index contributed by atoms with van der Waals surface area (Å²) in [6.45, 7) is 6.81. The third-order valence-corrected chi connectivity index (χ3v) is 2.97. The van der Waals surface area contributed by atoms with Crippen molar-refractivity contribution in [3.63, 3.8) is 0 Å². The number of carbonyl (C=O) groups is 3. The van der Waals surface area contributed by atoms with Crippen LogP contribution in [0.4, 0.5) is 4.79 Å². The third-order valence-electron chi connectivity index (χ3n) is 2.97. The molecule has 132 valence electrons. The van der Waals surface area contributed by atoms with Crippen molar-refractivity contribution >= 4 is 18.0 Å². The molecule has 0 aliphatic heterocycles. The monoisotopic (exact) mass is 336 g/mol. The molecule has 0 spiro atoms. The van der Waals surface area contributed by atoms with Crippen molar-refractivity contribution in [2.75, 3.05) is 13.7 Å². The molecule has 0 unspecified atom stereocenters. The summed E-state index contributed by atoms with van der Waals surface area (Å²) in [5.41, 5.74) is 0.906. The highest BCUT2D eigenvalue weighted by Crippen LogP contribution is 2.16. The molecule has 0 aliphatic carbocycles. The number of hydrogen-bond donors (Lipinski definition) is 2. The Morgan fingerprint density at radius 3 is 2.21 bits per heavy atom. The van der Waals surface area contributed by atoms with E-state index in [-0.39, 0.29) is 6.54 Å². The van der Waals surface area contributed by atoms with Crippen LogP contribution in [-0.4, -0.2) is 37.2 Å². The number of esters is 1. The Balaban J connectivity index is 2.90. The van der Waals surface area contributed by atoms with Crippen LogP contribution in [0.2, 0.25) is 0 Å². The number of rotatable bonds is 5. The number of amides is 2. The van der Waals surface area contributed by atoms with Gasteiger partial charge in [0.05, 0.1) is 7.11 Å². The van der Waals surface area contributed by atoms with E-state index in [2.05, 4.69) is 15.4 Å². The number of carbonyl (C=O) groups excluding carboxylic acids is 3. The summed E-state index contributed by atoms with van der Waals surface area (Å²) in [5, 5.41) is 4.96. The fraction of sp³-hybridized carbons (Fsp3) is 0.471. The number of methoxy groups -OCH3 is 1. The average Bonchev–Trinajstić information content (AvgIpc) is 2.49. The number of benzene rings is 1. The molecule has 0 aromatic heterocycles. The normalized spacial score (nSPS) is 12.0. The molecule has 24 heavy (non-hydrogen) atoms. The highest BCUT2D eigenvalue weighted by Gasteiger charge is 2.26. The largest absolute Gasteiger partial charge is 0.468 e. The molecule has 7 nitrogen and oxygen atoms in total. The Labute approximate surface area is 141 Å². The number of aryl methyl sites for hydroxylation is 1. The molecule has 0 bridgehead atoms. The van der Waals surface area contributed by atoms with Crippen LogP contribution in [0.15, 0.2) is 24.3 Å². The molecular weight excluding hydrogens is 312 g/mol. The van der Waals surface area contributed by atoms with Gasteiger partial charge in [0.15, 0.2) is 0 Å². The fourth-order valence-corrected chi connectivity index (χ4v) is 1.82. The van der Waals surface area contributed by atoms with Crippen LogP contribution in [0, 0.1) is 6.92 Å². The second-order valence-electron chi connectivity index (χ2n) is 6.28. The maximum absolute atomic E-state index is 12.4. The van der Waals surface area contributed by atoms with Gasteiger partial charge in [0.25, 0.3) is 0 Å². The van der Waals surface area contributed by atoms with Gasteiger partial charge in [-0.2, -0.15) is 0 Å². The lowest BCUT2D eigenvalue weighted by Crippen LogP contribution is -2.43. The standard InChI is InChI=1S/C17H24N2O5/c1-11-6-8-12(9-7-11)14(15(21)18-10-13(20)23-5)19-16(22)24-17(2,3)4/h6-9,14H,10H2,1-5H3,(H,18,21)(H,19,22)/t14-/m0/s1. The van der Waals surface area contributed by atoms with Crippen molar-refractivity contribution in [1.29, 1.82) is 0 Å². The second-order valence-corrected chi connectivity index (χ2v) is 6.28. The summed E-state index contributed by atoms with van der Waals surface area (Å²) in [5.74, 6) is -1.11. The van der Waals surface area contributed by atoms with Gasteiger partial charge in [-0.1, -0.05) is 29.8 Å². The minimum absolute atomic E-state index is 0.284. The van der Waals surface area contributed by atoms with Crippen molar-refractivity contribution in [3.8, 4) is 0 Å². The lowest BCUT2D eigenvalue weighted by atomic mass is 10.0. The van der Waals surface area contributed by atoms with Gasteiger partial charge in [0, 0.05) is 0 Å². The number of alkyl carbamates (subject to hydrolysis) is 1. The van der Waals surface area contributed by atoms with E-state index in [1.807, 2.05) is 19.1 Å². The predicted octanol–water partition coefficient (Wildman–Crippen LogP) is 1.85. The van der Waals surface area contributed by atoms with E-state index in [9.17, 15) is 14.4 Å². The maximum Gasteiger partial charge on any atom is 0.408 e. The highest BCUT2D eigenvalue weighted by atomic mass is 16.6. The summed E-state index contributed by atoms with van der Waals surface area (Å²) in [4.78, 5) is 35.5. The topological polar surface area (TPSA) is 93.7 Å². The van der Waals surface area contributed by atoms with Gasteiger partial charge < -0.3 is 20.1 Å². The first-order chi connectivity index (χ1) is 11.1. The zero-order chi connectivity index (χ0) is 18.3. The molecular formula is C17H24N2O5. The van der Waals surface area contributed by atoms with Crippen molar-refractivity contribution < 1.29 is 23.9 Å². The zero-order valence-corrected chi connectivity index (χ0v) is 14.6. The first kappa shape index (κ1) is 19.5. The van der Waals surface area contributed by atoms with E-state index >= 15 is 0 Å². The van der Waals surface area contributed by atoms with Crippen LogP contribution in [-0.2, 0) is 19.1 Å². The summed E-state index contributed by atoms with van der Waals surface area (Å²) in [7, 11) is 1.23. The van der Waals surface area contributed by atoms with Gasteiger partial charge in [-0.3, -0.25) is 9.59 Å². The zero-order valence-electron chi connectivity index (χ0n) is 14.6. The van der Waals surface area contributed by atoms with E-state index in [4.69, 9.17) is 4.74 Å². The summed E-state index contributed by atoms with van der Waals surface area (Å²) < 4.78 is 9.67. The molecule has 0 heterocycles. The average molecular weight is 336 g/mol. The predicted molar refractivity (Wildman–Crippen MR) is 88.3 cm³/mol. The van der Waals surface area contributed by atoms with Crippen molar-refractivity contribution in [3.05, 3.63) is 35.4 Å². The minimum Gasteiger partial charge on any atom is -0.468 e. The van der Waals surface area contributed by atoms with Gasteiger partial charge in [0.1, 0.15) is 18.2 Å². The molecule has 7 heteroatoms. The van der Waals surface area contributed by atoms with Crippen LogP contribution < -0.4 is 10.6 Å². The van der Waals surface area contributed by atoms with Gasteiger partial charge >= 0.3 is 12.1 Å². The van der Waals surface area contributed by atoms with Crippen LogP contribution in [0.1, 0.15) is 37.9 Å². The Morgan fingerprint density at radius 2 is 1.71 bits per heavy atom. The molecule has 2 amide bonds. The Kier molecular flexibility index (Phi) is 6.76. The third kappa shape index (κ3) is 6.68. The second kappa shape index (κ2) is 8.33. The summed E-state index contributed by atoms with van der Waals surface area (Å²) in [6.07, 6.45) is -0.721. The summed E-state index contributed by atoms with van der Waals surface area (Å²) >= 11 is 0. The van der Waals surface area contributed by atoms with Crippen molar-refractivity contribution in [2.45, 2.75) is 39.3 Å². The first-order valence-electron chi connectivity index (χ1n) is 7.53. The van der Waals surface area contributed by atoms with Crippen LogP contribution >= 0.6 is 0 Å². The SMILES string of the molecule is COC(=O)CNC(=O)[C@@H](NC(=O)OC(C)(C)C)c1ccc(C)cc1. The molecule has 1 rings (SSSR count). The molecule has 0 fully saturated rings. The van der Waals surface area contributed by atoms with E-state index in [0.29, 0.717) is 5.56 Å². The first-order valence-corrected chi connectivity index (χ1v) is 7.53. The lowest BCUT2D eigenvalue weighted by Gasteiger charge is -2.23. The number of ether oxygens (including phenoxy) is 2. The maximum atomic E-state index is 12.4. The summed E-state index contributed by atoms with van der Waals surface area (Å²) in [6, 6.07) is 6.13. The van der Waals surface area contributed by atoms with Crippen molar-refractivity contribution in [2.24, 2.45) is 0 Å². The smallest absolute Gasteiger partial charge is 0.408 e. The quantitative estimate of drug-likeness (QED) is 0.800. The Morgan fingerprint density at radius 1 is 1.12 bits per heavy atom. The molecule has 1 aromatic carbocycles. The molecule has 2 N–H and O–H groups in total. The Bertz CT molecular complexity index is 590. The lowest BCUT2D eigenvalue weighted by molar-refractivity contribution is -0.141. The number of nitrogens with one attached hydrogen (secondary N) is 2. The van der Waals surface area contributed by atoms with Crippen LogP contribution in [0.5, 0.6) is 0 Å². The van der Waals surface area contributed by atoms with Crippen LogP contribution in [0.3, 0.4) is 0 Å². The Hall–Kier alpha value is -2.57. The van der Waals surface area contributed by atoms with E-state index in [1.54, 1.807) is 32.9 Å². The van der Waals surface area contributed by atoms with E-state index < -0.39 is 29.6 Å². The molecule has 0 saturated carbocycles. The van der Waals surface area contributed by atoms with Gasteiger partial charge in [-0.15, -0.1) is 0 Å². The molecule has 1 atom stereocenters. The molecule has 1 aromatic rings. The fourth-order valence-electron chi connectivity index (χ4n) is 1.82. The molecule has 0 aliphatic rings. The van der Waals surface area contributed by atoms with Gasteiger partial charge in [0.2, 0.25) is 5.91 Å².